The van der Waals surface area contributed by atoms with Gasteiger partial charge in [0.2, 0.25) is 5.95 Å². The van der Waals surface area contributed by atoms with E-state index in [2.05, 4.69) is 22.2 Å². The van der Waals surface area contributed by atoms with Crippen LogP contribution in [-0.2, 0) is 6.42 Å². The first kappa shape index (κ1) is 12.3. The molecule has 4 nitrogen and oxygen atoms in total. The second kappa shape index (κ2) is 5.45. The van der Waals surface area contributed by atoms with Crippen LogP contribution in [0.15, 0.2) is 6.20 Å². The number of aromatic nitrogens is 2. The minimum Gasteiger partial charge on any atom is -0.347 e. The molecule has 0 aromatic carbocycles. The molecule has 1 aromatic heterocycles. The van der Waals surface area contributed by atoms with Gasteiger partial charge in [0.1, 0.15) is 0 Å². The van der Waals surface area contributed by atoms with E-state index >= 15 is 0 Å². The molecule has 0 spiro atoms. The average Bonchev–Trinajstić information content (AvgIpc) is 2.35. The zero-order valence-electron chi connectivity index (χ0n) is 11.0. The van der Waals surface area contributed by atoms with Gasteiger partial charge in [0, 0.05) is 31.9 Å². The summed E-state index contributed by atoms with van der Waals surface area (Å²) in [6.45, 7) is 3.27. The van der Waals surface area contributed by atoms with Gasteiger partial charge in [-0.25, -0.2) is 9.97 Å². The fourth-order valence-electron chi connectivity index (χ4n) is 2.28. The van der Waals surface area contributed by atoms with E-state index in [4.69, 9.17) is 0 Å². The van der Waals surface area contributed by atoms with Gasteiger partial charge >= 0.3 is 0 Å². The zero-order chi connectivity index (χ0) is 12.3. The molecule has 1 N–H and O–H groups in total. The van der Waals surface area contributed by atoms with Gasteiger partial charge in [-0.1, -0.05) is 6.92 Å². The molecule has 0 saturated heterocycles. The molecule has 0 saturated carbocycles. The van der Waals surface area contributed by atoms with E-state index < -0.39 is 0 Å². The quantitative estimate of drug-likeness (QED) is 0.864. The largest absolute Gasteiger partial charge is 0.347 e. The molecule has 94 valence electrons. The van der Waals surface area contributed by atoms with E-state index in [0.29, 0.717) is 6.04 Å². The van der Waals surface area contributed by atoms with Gasteiger partial charge in [0.05, 0.1) is 5.69 Å². The average molecular weight is 234 g/mol. The first-order chi connectivity index (χ1) is 8.22. The lowest BCUT2D eigenvalue weighted by molar-refractivity contribution is 0.453. The number of anilines is 1. The molecule has 0 bridgehead atoms. The molecule has 1 atom stereocenters. The van der Waals surface area contributed by atoms with Gasteiger partial charge < -0.3 is 10.2 Å². The highest BCUT2D eigenvalue weighted by Gasteiger charge is 2.21. The molecule has 0 radical (unpaired) electrons. The number of aryl methyl sites for hydroxylation is 1. The molecule has 1 heterocycles. The van der Waals surface area contributed by atoms with Crippen molar-refractivity contribution in [2.75, 3.05) is 25.5 Å². The predicted molar refractivity (Wildman–Crippen MR) is 70.3 cm³/mol. The van der Waals surface area contributed by atoms with Crippen molar-refractivity contribution in [3.05, 3.63) is 17.5 Å². The SMILES string of the molecule is CCCNC1CCCc2nc(N(C)C)ncc21. The first-order valence-corrected chi connectivity index (χ1v) is 6.49. The Kier molecular flexibility index (Phi) is 3.94. The molecule has 17 heavy (non-hydrogen) atoms. The Balaban J connectivity index is 2.20. The smallest absolute Gasteiger partial charge is 0.225 e. The predicted octanol–water partition coefficient (Wildman–Crippen LogP) is 1.92. The monoisotopic (exact) mass is 234 g/mol. The van der Waals surface area contributed by atoms with Crippen LogP contribution in [0, 0.1) is 0 Å². The lowest BCUT2D eigenvalue weighted by Crippen LogP contribution is -2.27. The van der Waals surface area contributed by atoms with Crippen LogP contribution < -0.4 is 10.2 Å². The molecule has 1 aliphatic rings. The van der Waals surface area contributed by atoms with Gasteiger partial charge in [-0.05, 0) is 32.2 Å². The van der Waals surface area contributed by atoms with Crippen molar-refractivity contribution in [3.63, 3.8) is 0 Å². The summed E-state index contributed by atoms with van der Waals surface area (Å²) in [4.78, 5) is 11.0. The number of rotatable bonds is 4. The van der Waals surface area contributed by atoms with Crippen molar-refractivity contribution < 1.29 is 0 Å². The fourth-order valence-corrected chi connectivity index (χ4v) is 2.28. The van der Waals surface area contributed by atoms with Crippen molar-refractivity contribution in [2.24, 2.45) is 0 Å². The summed E-state index contributed by atoms with van der Waals surface area (Å²) in [6, 6.07) is 0.454. The Morgan fingerprint density at radius 3 is 3.00 bits per heavy atom. The maximum Gasteiger partial charge on any atom is 0.225 e. The second-order valence-electron chi connectivity index (χ2n) is 4.87. The van der Waals surface area contributed by atoms with Crippen LogP contribution in [0.2, 0.25) is 0 Å². The van der Waals surface area contributed by atoms with E-state index in [1.54, 1.807) is 0 Å². The molecular formula is C13H22N4. The van der Waals surface area contributed by atoms with Gasteiger partial charge in [0.15, 0.2) is 0 Å². The highest BCUT2D eigenvalue weighted by Crippen LogP contribution is 2.28. The molecule has 1 unspecified atom stereocenters. The first-order valence-electron chi connectivity index (χ1n) is 6.49. The van der Waals surface area contributed by atoms with Crippen LogP contribution in [0.3, 0.4) is 0 Å². The fraction of sp³-hybridized carbons (Fsp3) is 0.692. The number of hydrogen-bond donors (Lipinski definition) is 1. The molecule has 0 fully saturated rings. The Morgan fingerprint density at radius 1 is 1.47 bits per heavy atom. The van der Waals surface area contributed by atoms with Crippen molar-refractivity contribution in [1.29, 1.82) is 0 Å². The lowest BCUT2D eigenvalue weighted by atomic mass is 9.92. The number of fused-ring (bicyclic) bond motifs is 1. The number of hydrogen-bond acceptors (Lipinski definition) is 4. The van der Waals surface area contributed by atoms with Crippen molar-refractivity contribution in [1.82, 2.24) is 15.3 Å². The molecule has 2 rings (SSSR count). The van der Waals surface area contributed by atoms with Crippen LogP contribution in [0.25, 0.3) is 0 Å². The number of nitrogens with one attached hydrogen (secondary N) is 1. The summed E-state index contributed by atoms with van der Waals surface area (Å²) in [5, 5.41) is 3.58. The molecule has 0 amide bonds. The van der Waals surface area contributed by atoms with Crippen molar-refractivity contribution in [2.45, 2.75) is 38.6 Å². The molecule has 1 aliphatic carbocycles. The summed E-state index contributed by atoms with van der Waals surface area (Å²) in [5.74, 6) is 0.819. The maximum absolute atomic E-state index is 4.65. The molecule has 1 aromatic rings. The summed E-state index contributed by atoms with van der Waals surface area (Å²) < 4.78 is 0. The van der Waals surface area contributed by atoms with Crippen LogP contribution in [0.4, 0.5) is 5.95 Å². The van der Waals surface area contributed by atoms with Crippen LogP contribution in [0.1, 0.15) is 43.5 Å². The Hall–Kier alpha value is -1.16. The van der Waals surface area contributed by atoms with Crippen LogP contribution >= 0.6 is 0 Å². The van der Waals surface area contributed by atoms with Gasteiger partial charge in [0.25, 0.3) is 0 Å². The third kappa shape index (κ3) is 2.75. The van der Waals surface area contributed by atoms with Crippen molar-refractivity contribution >= 4 is 5.95 Å². The Morgan fingerprint density at radius 2 is 2.29 bits per heavy atom. The highest BCUT2D eigenvalue weighted by molar-refractivity contribution is 5.33. The molecule has 0 aliphatic heterocycles. The maximum atomic E-state index is 4.65. The Bertz CT molecular complexity index is 376. The van der Waals surface area contributed by atoms with Gasteiger partial charge in [-0.15, -0.1) is 0 Å². The number of nitrogens with zero attached hydrogens (tertiary/aromatic N) is 3. The zero-order valence-corrected chi connectivity index (χ0v) is 11.0. The Labute approximate surface area is 103 Å². The lowest BCUT2D eigenvalue weighted by Gasteiger charge is -2.26. The van der Waals surface area contributed by atoms with E-state index in [1.165, 1.54) is 30.5 Å². The minimum atomic E-state index is 0.454. The van der Waals surface area contributed by atoms with E-state index in [-0.39, 0.29) is 0 Å². The van der Waals surface area contributed by atoms with Crippen LogP contribution in [-0.4, -0.2) is 30.6 Å². The summed E-state index contributed by atoms with van der Waals surface area (Å²) >= 11 is 0. The van der Waals surface area contributed by atoms with Crippen LogP contribution in [0.5, 0.6) is 0 Å². The normalized spacial score (nSPS) is 18.9. The van der Waals surface area contributed by atoms with E-state index in [9.17, 15) is 0 Å². The summed E-state index contributed by atoms with van der Waals surface area (Å²) in [7, 11) is 3.97. The van der Waals surface area contributed by atoms with Gasteiger partial charge in [-0.3, -0.25) is 0 Å². The minimum absolute atomic E-state index is 0.454. The highest BCUT2D eigenvalue weighted by atomic mass is 15.2. The second-order valence-corrected chi connectivity index (χ2v) is 4.87. The van der Waals surface area contributed by atoms with E-state index in [1.807, 2.05) is 25.2 Å². The summed E-state index contributed by atoms with van der Waals surface area (Å²) in [5.41, 5.74) is 2.53. The van der Waals surface area contributed by atoms with Gasteiger partial charge in [-0.2, -0.15) is 0 Å². The summed E-state index contributed by atoms with van der Waals surface area (Å²) in [6.07, 6.45) is 6.69. The molecule has 4 heteroatoms. The topological polar surface area (TPSA) is 41.1 Å². The van der Waals surface area contributed by atoms with E-state index in [0.717, 1.165) is 18.9 Å². The third-order valence-electron chi connectivity index (χ3n) is 3.21. The standard InChI is InChI=1S/C13H22N4/c1-4-8-14-11-6-5-7-12-10(11)9-15-13(16-12)17(2)3/h9,11,14H,4-8H2,1-3H3. The molecular weight excluding hydrogens is 212 g/mol. The third-order valence-corrected chi connectivity index (χ3v) is 3.21. The van der Waals surface area contributed by atoms with Crippen molar-refractivity contribution in [3.8, 4) is 0 Å².